The van der Waals surface area contributed by atoms with E-state index in [2.05, 4.69) is 21.2 Å². The molecule has 208 valence electrons. The third-order valence-electron chi connectivity index (χ3n) is 6.90. The summed E-state index contributed by atoms with van der Waals surface area (Å²) in [5.74, 6) is -2.83. The lowest BCUT2D eigenvalue weighted by molar-refractivity contribution is -0.122. The maximum Gasteiger partial charge on any atom is 0.308 e. The maximum atomic E-state index is 14.0. The number of carbonyl (C=O) groups excluding carboxylic acids is 3. The molecule has 13 heteroatoms. The number of aromatic hydroxyl groups is 1. The molecule has 0 spiro atoms. The third kappa shape index (κ3) is 4.99. The van der Waals surface area contributed by atoms with Crippen LogP contribution in [0.1, 0.15) is 16.4 Å². The van der Waals surface area contributed by atoms with Crippen molar-refractivity contribution in [2.24, 2.45) is 5.92 Å². The fourth-order valence-corrected chi connectivity index (χ4v) is 8.54. The number of hydrogen-bond acceptors (Lipinski definition) is 7. The smallest absolute Gasteiger partial charge is 0.308 e. The Kier molecular flexibility index (Phi) is 7.50. The molecule has 1 fully saturated rings. The monoisotopic (exact) mass is 689 g/mol. The first kappa shape index (κ1) is 28.0. The molecule has 0 unspecified atom stereocenters. The molecule has 3 heterocycles. The Labute approximate surface area is 260 Å². The van der Waals surface area contributed by atoms with Crippen molar-refractivity contribution in [2.45, 2.75) is 22.7 Å². The molecule has 3 amide bonds. The number of thioether (sulfide) groups is 1. The molecule has 0 aliphatic carbocycles. The summed E-state index contributed by atoms with van der Waals surface area (Å²) in [6.45, 7) is -0.315. The largest absolute Gasteiger partial charge is 0.508 e. The van der Waals surface area contributed by atoms with E-state index in [0.717, 1.165) is 27.6 Å². The molecule has 8 nitrogen and oxygen atoms in total. The van der Waals surface area contributed by atoms with Crippen molar-refractivity contribution in [1.82, 2.24) is 4.57 Å². The van der Waals surface area contributed by atoms with Crippen molar-refractivity contribution in [3.8, 4) is 5.75 Å². The van der Waals surface area contributed by atoms with Gasteiger partial charge in [0.25, 0.3) is 0 Å². The predicted molar refractivity (Wildman–Crippen MR) is 163 cm³/mol. The number of fused-ring (bicyclic) bond motifs is 2. The average Bonchev–Trinajstić information content (AvgIpc) is 3.38. The number of nitrogens with zero attached hydrogens (tertiary/aromatic N) is 2. The molecule has 1 saturated heterocycles. The number of nitrogens with one attached hydrogen (secondary N) is 1. The van der Waals surface area contributed by atoms with E-state index in [4.69, 9.17) is 23.2 Å². The van der Waals surface area contributed by atoms with E-state index in [9.17, 15) is 24.3 Å². The van der Waals surface area contributed by atoms with Crippen LogP contribution in [0.25, 0.3) is 0 Å². The number of halogens is 3. The van der Waals surface area contributed by atoms with E-state index < -0.39 is 39.7 Å². The van der Waals surface area contributed by atoms with Crippen LogP contribution in [0.4, 0.5) is 11.4 Å². The quantitative estimate of drug-likeness (QED) is 0.193. The lowest BCUT2D eigenvalue weighted by atomic mass is 9.83. The highest BCUT2D eigenvalue weighted by atomic mass is 79.9. The number of benzene rings is 3. The van der Waals surface area contributed by atoms with Crippen molar-refractivity contribution in [1.29, 1.82) is 0 Å². The number of hydrogen-bond donors (Lipinski definition) is 2. The minimum Gasteiger partial charge on any atom is -0.508 e. The van der Waals surface area contributed by atoms with Crippen LogP contribution in [-0.4, -0.2) is 32.6 Å². The van der Waals surface area contributed by atoms with Crippen LogP contribution in [0.15, 0.2) is 81.0 Å². The van der Waals surface area contributed by atoms with Crippen molar-refractivity contribution in [3.63, 3.8) is 0 Å². The zero-order valence-electron chi connectivity index (χ0n) is 20.7. The number of thiazole rings is 1. The second-order valence-corrected chi connectivity index (χ2v) is 13.2. The fraction of sp³-hybridized carbons (Fsp3) is 0.143. The van der Waals surface area contributed by atoms with Crippen LogP contribution in [0.3, 0.4) is 0 Å². The summed E-state index contributed by atoms with van der Waals surface area (Å²) in [5, 5.41) is 12.3. The standard InChI is InChI=1S/C28H18BrCl2N3O5S2/c29-13-4-8-15(9-5-13)34-25(37)21-20(17-2-1-3-18(30)22(17)31)24-27(40-23(21)26(34)38)33(28(39)41-24)12-19(36)32-14-6-10-16(35)11-7-14/h1-11,20-21,23,35H,12H2,(H,32,36)/t20-,21-,23+/m0/s1. The van der Waals surface area contributed by atoms with E-state index in [0.29, 0.717) is 26.8 Å². The summed E-state index contributed by atoms with van der Waals surface area (Å²) in [4.78, 5) is 55.3. The molecule has 0 saturated carbocycles. The fourth-order valence-electron chi connectivity index (χ4n) is 5.08. The molecule has 3 atom stereocenters. The van der Waals surface area contributed by atoms with Crippen molar-refractivity contribution < 1.29 is 19.5 Å². The van der Waals surface area contributed by atoms with Gasteiger partial charge in [-0.25, -0.2) is 4.90 Å². The number of anilines is 2. The topological polar surface area (TPSA) is 109 Å². The lowest BCUT2D eigenvalue weighted by Crippen LogP contribution is -2.33. The zero-order valence-corrected chi connectivity index (χ0v) is 25.4. The summed E-state index contributed by atoms with van der Waals surface area (Å²) < 4.78 is 2.12. The second-order valence-electron chi connectivity index (χ2n) is 9.39. The van der Waals surface area contributed by atoms with Gasteiger partial charge in [0.2, 0.25) is 17.7 Å². The highest BCUT2D eigenvalue weighted by Crippen LogP contribution is 2.55. The van der Waals surface area contributed by atoms with Crippen LogP contribution >= 0.6 is 62.2 Å². The molecule has 1 aromatic heterocycles. The van der Waals surface area contributed by atoms with Crippen LogP contribution < -0.4 is 15.1 Å². The van der Waals surface area contributed by atoms with Crippen LogP contribution in [0, 0.1) is 5.92 Å². The minimum absolute atomic E-state index is 0.0516. The van der Waals surface area contributed by atoms with Crippen LogP contribution in [0.2, 0.25) is 10.0 Å². The van der Waals surface area contributed by atoms with E-state index >= 15 is 0 Å². The van der Waals surface area contributed by atoms with Gasteiger partial charge in [0.05, 0.1) is 26.7 Å². The normalized spacial score (nSPS) is 19.7. The van der Waals surface area contributed by atoms with Gasteiger partial charge in [0.15, 0.2) is 0 Å². The molecule has 2 aliphatic rings. The number of amides is 3. The summed E-state index contributed by atoms with van der Waals surface area (Å²) >= 11 is 18.4. The first-order chi connectivity index (χ1) is 19.6. The molecular weight excluding hydrogens is 673 g/mol. The molecule has 4 aromatic rings. The molecule has 0 radical (unpaired) electrons. The van der Waals surface area contributed by atoms with E-state index in [1.54, 1.807) is 42.5 Å². The number of phenols is 1. The Bertz CT molecular complexity index is 1770. The van der Waals surface area contributed by atoms with Gasteiger partial charge in [0.1, 0.15) is 17.5 Å². The summed E-state index contributed by atoms with van der Waals surface area (Å²) in [5.41, 5.74) is 1.41. The average molecular weight is 691 g/mol. The predicted octanol–water partition coefficient (Wildman–Crippen LogP) is 6.12. The maximum absolute atomic E-state index is 14.0. The molecule has 3 aromatic carbocycles. The Morgan fingerprint density at radius 2 is 1.68 bits per heavy atom. The lowest BCUT2D eigenvalue weighted by Gasteiger charge is -2.31. The Hall–Kier alpha value is -3.09. The first-order valence-corrected chi connectivity index (χ1v) is 15.4. The number of rotatable bonds is 5. The Balaban J connectivity index is 1.43. The Morgan fingerprint density at radius 3 is 2.39 bits per heavy atom. The highest BCUT2D eigenvalue weighted by molar-refractivity contribution is 9.10. The van der Waals surface area contributed by atoms with E-state index in [-0.39, 0.29) is 22.3 Å². The number of aromatic nitrogens is 1. The van der Waals surface area contributed by atoms with Gasteiger partial charge in [-0.1, -0.05) is 74.4 Å². The first-order valence-electron chi connectivity index (χ1n) is 12.2. The summed E-state index contributed by atoms with van der Waals surface area (Å²) in [6, 6.07) is 17.9. The molecule has 6 rings (SSSR count). The third-order valence-corrected chi connectivity index (χ3v) is 10.9. The van der Waals surface area contributed by atoms with Crippen molar-refractivity contribution in [3.05, 3.63) is 101 Å². The van der Waals surface area contributed by atoms with Gasteiger partial charge in [0, 0.05) is 21.0 Å². The highest BCUT2D eigenvalue weighted by Gasteiger charge is 2.57. The molecule has 2 N–H and O–H groups in total. The Morgan fingerprint density at radius 1 is 0.976 bits per heavy atom. The van der Waals surface area contributed by atoms with Crippen molar-refractivity contribution >= 4 is 91.3 Å². The van der Waals surface area contributed by atoms with Gasteiger partial charge >= 0.3 is 4.87 Å². The van der Waals surface area contributed by atoms with Gasteiger partial charge in [-0.3, -0.25) is 23.7 Å². The molecule has 0 bridgehead atoms. The summed E-state index contributed by atoms with van der Waals surface area (Å²) in [6.07, 6.45) is 0. The van der Waals surface area contributed by atoms with E-state index in [1.165, 1.54) is 33.7 Å². The molecular formula is C28H18BrCl2N3O5S2. The molecule has 2 aliphatic heterocycles. The van der Waals surface area contributed by atoms with Crippen LogP contribution in [-0.2, 0) is 20.9 Å². The minimum atomic E-state index is -0.862. The van der Waals surface area contributed by atoms with Crippen molar-refractivity contribution in [2.75, 3.05) is 10.2 Å². The van der Waals surface area contributed by atoms with Crippen LogP contribution in [0.5, 0.6) is 5.75 Å². The molecule has 41 heavy (non-hydrogen) atoms. The SMILES string of the molecule is O=C(Cn1c2c(sc1=O)[C@@H](c1cccc(Cl)c1Cl)[C@@H]1C(=O)N(c3ccc(Br)cc3)C(=O)[C@@H]1S2)Nc1ccc(O)cc1. The van der Waals surface area contributed by atoms with Gasteiger partial charge in [-0.05, 0) is 60.2 Å². The second kappa shape index (κ2) is 11.0. The number of carbonyl (C=O) groups is 3. The van der Waals surface area contributed by atoms with Gasteiger partial charge in [-0.2, -0.15) is 0 Å². The summed E-state index contributed by atoms with van der Waals surface area (Å²) in [7, 11) is 0. The number of phenolic OH excluding ortho intramolecular Hbond substituents is 1. The number of imide groups is 1. The zero-order chi connectivity index (χ0) is 29.0. The van der Waals surface area contributed by atoms with E-state index in [1.807, 2.05) is 0 Å². The van der Waals surface area contributed by atoms with Gasteiger partial charge < -0.3 is 10.4 Å². The van der Waals surface area contributed by atoms with Gasteiger partial charge in [-0.15, -0.1) is 0 Å².